The van der Waals surface area contributed by atoms with Gasteiger partial charge in [-0.05, 0) is 12.1 Å². The Balaban J connectivity index is 1.64. The molecular weight excluding hydrogens is 294 g/mol. The lowest BCUT2D eigenvalue weighted by molar-refractivity contribution is 0.846. The molecule has 0 spiro atoms. The van der Waals surface area contributed by atoms with Gasteiger partial charge in [0.2, 0.25) is 0 Å². The molecule has 106 valence electrons. The summed E-state index contributed by atoms with van der Waals surface area (Å²) in [6, 6.07) is 14.1. The third-order valence-electron chi connectivity index (χ3n) is 3.22. The molecule has 5 nitrogen and oxygen atoms in total. The normalized spacial score (nSPS) is 10.7. The lowest BCUT2D eigenvalue weighted by Crippen LogP contribution is -1.97. The molecule has 0 aliphatic heterocycles. The highest BCUT2D eigenvalue weighted by atomic mass is 32.1. The van der Waals surface area contributed by atoms with E-state index in [1.807, 2.05) is 36.5 Å². The van der Waals surface area contributed by atoms with Crippen molar-refractivity contribution in [3.8, 4) is 27.6 Å². The minimum absolute atomic E-state index is 0.737. The molecule has 0 radical (unpaired) electrons. The average Bonchev–Trinajstić information content (AvgIpc) is 3.28. The first-order valence-electron chi connectivity index (χ1n) is 6.72. The fraction of sp³-hybridized carbons (Fsp3) is 0. The number of hydrogen-bond acceptors (Lipinski definition) is 5. The Morgan fingerprint density at radius 1 is 0.955 bits per heavy atom. The Bertz CT molecular complexity index is 867. The number of thiazole rings is 1. The summed E-state index contributed by atoms with van der Waals surface area (Å²) in [5, 5.41) is 7.08. The van der Waals surface area contributed by atoms with Gasteiger partial charge in [0.05, 0.1) is 5.69 Å². The number of nitrogens with zero attached hydrogens (tertiary/aromatic N) is 5. The predicted molar refractivity (Wildman–Crippen MR) is 85.7 cm³/mol. The molecule has 0 fully saturated rings. The van der Waals surface area contributed by atoms with Gasteiger partial charge in [0.25, 0.3) is 0 Å². The molecule has 3 heterocycles. The lowest BCUT2D eigenvalue weighted by atomic mass is 10.2. The minimum Gasteiger partial charge on any atom is -0.236 e. The van der Waals surface area contributed by atoms with Crippen LogP contribution in [0.1, 0.15) is 0 Å². The Morgan fingerprint density at radius 3 is 2.59 bits per heavy atom. The lowest BCUT2D eigenvalue weighted by Gasteiger charge is -2.00. The van der Waals surface area contributed by atoms with Crippen LogP contribution in [0.25, 0.3) is 27.6 Å². The third-order valence-corrected chi connectivity index (χ3v) is 4.11. The molecule has 0 aliphatic rings. The quantitative estimate of drug-likeness (QED) is 0.581. The topological polar surface area (TPSA) is 56.5 Å². The van der Waals surface area contributed by atoms with Crippen molar-refractivity contribution >= 4 is 11.3 Å². The van der Waals surface area contributed by atoms with Gasteiger partial charge >= 0.3 is 0 Å². The van der Waals surface area contributed by atoms with Crippen molar-refractivity contribution in [2.45, 2.75) is 0 Å². The van der Waals surface area contributed by atoms with Crippen molar-refractivity contribution in [2.75, 3.05) is 0 Å². The highest BCUT2D eigenvalue weighted by Gasteiger charge is 2.07. The maximum atomic E-state index is 4.69. The summed E-state index contributed by atoms with van der Waals surface area (Å²) < 4.78 is 1.63. The summed E-state index contributed by atoms with van der Waals surface area (Å²) in [5.41, 5.74) is 3.11. The second-order valence-corrected chi connectivity index (χ2v) is 5.51. The van der Waals surface area contributed by atoms with Gasteiger partial charge in [-0.3, -0.25) is 0 Å². The highest BCUT2D eigenvalue weighted by Crippen LogP contribution is 2.28. The Morgan fingerprint density at radius 2 is 1.86 bits per heavy atom. The van der Waals surface area contributed by atoms with Crippen molar-refractivity contribution in [1.29, 1.82) is 0 Å². The molecule has 22 heavy (non-hydrogen) atoms. The molecule has 0 saturated heterocycles. The smallest absolute Gasteiger partial charge is 0.155 e. The van der Waals surface area contributed by atoms with Gasteiger partial charge < -0.3 is 0 Å². The first kappa shape index (κ1) is 12.8. The summed E-state index contributed by atoms with van der Waals surface area (Å²) in [6.45, 7) is 0. The molecule has 6 heteroatoms. The molecule has 4 aromatic rings. The van der Waals surface area contributed by atoms with Crippen molar-refractivity contribution in [2.24, 2.45) is 0 Å². The highest BCUT2D eigenvalue weighted by molar-refractivity contribution is 7.13. The fourth-order valence-corrected chi connectivity index (χ4v) is 2.94. The largest absolute Gasteiger partial charge is 0.236 e. The standard InChI is InChI=1S/C16H11N5S/c1-2-4-12(5-3-1)14-9-22-16(20-14)13-6-7-15(18-8-13)21-11-17-10-19-21/h1-11H. The van der Waals surface area contributed by atoms with E-state index in [1.54, 1.807) is 22.3 Å². The number of benzene rings is 1. The summed E-state index contributed by atoms with van der Waals surface area (Å²) >= 11 is 1.61. The van der Waals surface area contributed by atoms with Crippen molar-refractivity contribution < 1.29 is 0 Å². The van der Waals surface area contributed by atoms with E-state index in [-0.39, 0.29) is 0 Å². The van der Waals surface area contributed by atoms with Crippen molar-refractivity contribution in [3.05, 3.63) is 66.7 Å². The van der Waals surface area contributed by atoms with Gasteiger partial charge in [0.15, 0.2) is 5.82 Å². The van der Waals surface area contributed by atoms with E-state index in [0.717, 1.165) is 27.6 Å². The number of pyridine rings is 1. The Labute approximate surface area is 131 Å². The molecule has 0 unspecified atom stereocenters. The average molecular weight is 305 g/mol. The molecular formula is C16H11N5S. The number of rotatable bonds is 3. The Hall–Kier alpha value is -2.86. The van der Waals surface area contributed by atoms with Crippen LogP contribution >= 0.6 is 11.3 Å². The van der Waals surface area contributed by atoms with Gasteiger partial charge in [-0.2, -0.15) is 5.10 Å². The van der Waals surface area contributed by atoms with Crippen LogP contribution < -0.4 is 0 Å². The van der Waals surface area contributed by atoms with Gasteiger partial charge in [-0.15, -0.1) is 11.3 Å². The number of aromatic nitrogens is 5. The third kappa shape index (κ3) is 2.40. The molecule has 4 rings (SSSR count). The van der Waals surface area contributed by atoms with Crippen LogP contribution in [0.15, 0.2) is 66.7 Å². The Kier molecular flexibility index (Phi) is 3.21. The van der Waals surface area contributed by atoms with Gasteiger partial charge in [-0.25, -0.2) is 19.6 Å². The van der Waals surface area contributed by atoms with Crippen LogP contribution in [0.2, 0.25) is 0 Å². The number of hydrogen-bond donors (Lipinski definition) is 0. The summed E-state index contributed by atoms with van der Waals surface area (Å²) in [6.07, 6.45) is 4.92. The molecule has 1 aromatic carbocycles. The van der Waals surface area contributed by atoms with Crippen LogP contribution in [0.4, 0.5) is 0 Å². The van der Waals surface area contributed by atoms with Crippen molar-refractivity contribution in [1.82, 2.24) is 24.7 Å². The van der Waals surface area contributed by atoms with Gasteiger partial charge in [0.1, 0.15) is 17.7 Å². The van der Waals surface area contributed by atoms with E-state index >= 15 is 0 Å². The van der Waals surface area contributed by atoms with E-state index < -0.39 is 0 Å². The second-order valence-electron chi connectivity index (χ2n) is 4.65. The van der Waals surface area contributed by atoms with Gasteiger partial charge in [0, 0.05) is 22.7 Å². The molecule has 0 atom stereocenters. The van der Waals surface area contributed by atoms with Crippen molar-refractivity contribution in [3.63, 3.8) is 0 Å². The minimum atomic E-state index is 0.737. The van der Waals surface area contributed by atoms with E-state index in [0.29, 0.717) is 0 Å². The molecule has 3 aromatic heterocycles. The SMILES string of the molecule is c1ccc(-c2csc(-c3ccc(-n4cncn4)nc3)n2)cc1. The molecule has 0 N–H and O–H groups in total. The van der Waals surface area contributed by atoms with E-state index in [2.05, 4.69) is 37.6 Å². The van der Waals surface area contributed by atoms with Crippen LogP contribution in [-0.2, 0) is 0 Å². The molecule has 0 amide bonds. The van der Waals surface area contributed by atoms with Gasteiger partial charge in [-0.1, -0.05) is 30.3 Å². The zero-order valence-electron chi connectivity index (χ0n) is 11.5. The maximum absolute atomic E-state index is 4.69. The van der Waals surface area contributed by atoms with Crippen LogP contribution in [0.5, 0.6) is 0 Å². The summed E-state index contributed by atoms with van der Waals surface area (Å²) in [7, 11) is 0. The zero-order chi connectivity index (χ0) is 14.8. The van der Waals surface area contributed by atoms with E-state index in [9.17, 15) is 0 Å². The first-order chi connectivity index (χ1) is 10.9. The monoisotopic (exact) mass is 305 g/mol. The van der Waals surface area contributed by atoms with Crippen LogP contribution in [0, 0.1) is 0 Å². The van der Waals surface area contributed by atoms with Crippen LogP contribution in [-0.4, -0.2) is 24.7 Å². The first-order valence-corrected chi connectivity index (χ1v) is 7.60. The molecule has 0 saturated carbocycles. The van der Waals surface area contributed by atoms with Crippen LogP contribution in [0.3, 0.4) is 0 Å². The molecule has 0 bridgehead atoms. The second kappa shape index (κ2) is 5.50. The summed E-state index contributed by atoms with van der Waals surface area (Å²) in [5.74, 6) is 0.737. The fourth-order valence-electron chi connectivity index (χ4n) is 2.12. The molecule has 0 aliphatic carbocycles. The van der Waals surface area contributed by atoms with E-state index in [1.165, 1.54) is 6.33 Å². The van der Waals surface area contributed by atoms with E-state index in [4.69, 9.17) is 0 Å². The predicted octanol–water partition coefficient (Wildman–Crippen LogP) is 3.45. The zero-order valence-corrected chi connectivity index (χ0v) is 12.3. The maximum Gasteiger partial charge on any atom is 0.155 e. The summed E-state index contributed by atoms with van der Waals surface area (Å²) in [4.78, 5) is 13.0.